The van der Waals surface area contributed by atoms with E-state index in [2.05, 4.69) is 10.6 Å². The van der Waals surface area contributed by atoms with E-state index in [4.69, 9.17) is 10.8 Å². The van der Waals surface area contributed by atoms with Crippen molar-refractivity contribution in [2.45, 2.75) is 19.9 Å². The average Bonchev–Trinajstić information content (AvgIpc) is 2.37. The molecule has 1 aromatic rings. The molecule has 0 saturated carbocycles. The van der Waals surface area contributed by atoms with Gasteiger partial charge in [-0.3, -0.25) is 4.79 Å². The smallest absolute Gasteiger partial charge is 0.339 e. The Morgan fingerprint density at radius 1 is 1.24 bits per heavy atom. The number of amides is 3. The van der Waals surface area contributed by atoms with Crippen molar-refractivity contribution in [2.24, 2.45) is 11.7 Å². The lowest BCUT2D eigenvalue weighted by atomic mass is 10.0. The number of nitrogens with one attached hydrogen (secondary N) is 2. The Labute approximate surface area is 120 Å². The number of benzene rings is 1. The number of urea groups is 1. The van der Waals surface area contributed by atoms with Gasteiger partial charge in [0.1, 0.15) is 17.4 Å². The summed E-state index contributed by atoms with van der Waals surface area (Å²) in [6.45, 7) is 3.44. The van der Waals surface area contributed by atoms with Crippen molar-refractivity contribution in [1.82, 2.24) is 5.32 Å². The Hall–Kier alpha value is -2.77. The van der Waals surface area contributed by atoms with Crippen LogP contribution < -0.4 is 16.4 Å². The third-order valence-electron chi connectivity index (χ3n) is 2.74. The molecule has 6 N–H and O–H groups in total. The number of aromatic hydroxyl groups is 1. The summed E-state index contributed by atoms with van der Waals surface area (Å²) in [5.74, 6) is -2.48. The van der Waals surface area contributed by atoms with Gasteiger partial charge in [-0.1, -0.05) is 13.8 Å². The number of aromatic carboxylic acids is 1. The van der Waals surface area contributed by atoms with E-state index in [0.29, 0.717) is 0 Å². The summed E-state index contributed by atoms with van der Waals surface area (Å²) >= 11 is 0. The number of carbonyl (C=O) groups is 3. The first-order valence-electron chi connectivity index (χ1n) is 6.15. The standard InChI is InChI=1S/C13H17N3O5/c1-6(2)10(16-13(14)21)11(18)15-7-3-4-9(17)8(5-7)12(19)20/h3-6,10,17H,1-2H3,(H,15,18)(H,19,20)(H3,14,16,21). The van der Waals surface area contributed by atoms with Crippen molar-refractivity contribution >= 4 is 23.6 Å². The number of carboxylic acid groups (broad SMARTS) is 1. The third-order valence-corrected chi connectivity index (χ3v) is 2.74. The van der Waals surface area contributed by atoms with Crippen molar-refractivity contribution in [2.75, 3.05) is 5.32 Å². The number of nitrogens with two attached hydrogens (primary N) is 1. The van der Waals surface area contributed by atoms with E-state index in [1.807, 2.05) is 0 Å². The number of anilines is 1. The topological polar surface area (TPSA) is 142 Å². The van der Waals surface area contributed by atoms with Crippen LogP contribution in [-0.4, -0.2) is 34.2 Å². The SMILES string of the molecule is CC(C)C(NC(N)=O)C(=O)Nc1ccc(O)c(C(=O)O)c1. The molecule has 21 heavy (non-hydrogen) atoms. The van der Waals surface area contributed by atoms with Crippen LogP contribution in [0.5, 0.6) is 5.75 Å². The fourth-order valence-corrected chi connectivity index (χ4v) is 1.69. The van der Waals surface area contributed by atoms with Gasteiger partial charge in [0.2, 0.25) is 5.91 Å². The number of carbonyl (C=O) groups excluding carboxylic acids is 2. The molecule has 0 bridgehead atoms. The molecule has 0 fully saturated rings. The summed E-state index contributed by atoms with van der Waals surface area (Å²) < 4.78 is 0. The van der Waals surface area contributed by atoms with Crippen LogP contribution in [0, 0.1) is 5.92 Å². The maximum absolute atomic E-state index is 12.1. The molecule has 0 heterocycles. The molecule has 0 saturated heterocycles. The first kappa shape index (κ1) is 16.3. The van der Waals surface area contributed by atoms with E-state index >= 15 is 0 Å². The summed E-state index contributed by atoms with van der Waals surface area (Å²) in [6.07, 6.45) is 0. The van der Waals surface area contributed by atoms with Crippen molar-refractivity contribution in [3.63, 3.8) is 0 Å². The molecule has 114 valence electrons. The third kappa shape index (κ3) is 4.37. The van der Waals surface area contributed by atoms with Crippen molar-refractivity contribution in [1.29, 1.82) is 0 Å². The Balaban J connectivity index is 2.93. The maximum atomic E-state index is 12.1. The lowest BCUT2D eigenvalue weighted by molar-refractivity contribution is -0.118. The van der Waals surface area contributed by atoms with Crippen LogP contribution in [0.15, 0.2) is 18.2 Å². The minimum atomic E-state index is -1.32. The number of hydrogen-bond acceptors (Lipinski definition) is 4. The van der Waals surface area contributed by atoms with Gasteiger partial charge in [0, 0.05) is 5.69 Å². The summed E-state index contributed by atoms with van der Waals surface area (Å²) in [5.41, 5.74) is 4.86. The van der Waals surface area contributed by atoms with Gasteiger partial charge < -0.3 is 26.6 Å². The molecule has 0 aliphatic rings. The maximum Gasteiger partial charge on any atom is 0.339 e. The fourth-order valence-electron chi connectivity index (χ4n) is 1.69. The molecule has 1 aromatic carbocycles. The highest BCUT2D eigenvalue weighted by molar-refractivity contribution is 5.99. The number of primary amides is 1. The molecular weight excluding hydrogens is 278 g/mol. The van der Waals surface area contributed by atoms with Crippen molar-refractivity contribution in [3.05, 3.63) is 23.8 Å². The van der Waals surface area contributed by atoms with Crippen LogP contribution in [-0.2, 0) is 4.79 Å². The molecule has 0 aliphatic heterocycles. The highest BCUT2D eigenvalue weighted by Gasteiger charge is 2.23. The average molecular weight is 295 g/mol. The monoisotopic (exact) mass is 295 g/mol. The number of carboxylic acids is 1. The predicted molar refractivity (Wildman–Crippen MR) is 75.0 cm³/mol. The van der Waals surface area contributed by atoms with E-state index in [1.54, 1.807) is 13.8 Å². The Morgan fingerprint density at radius 2 is 1.86 bits per heavy atom. The van der Waals surface area contributed by atoms with E-state index in [0.717, 1.165) is 12.1 Å². The summed E-state index contributed by atoms with van der Waals surface area (Å²) in [6, 6.07) is 1.94. The van der Waals surface area contributed by atoms with Crippen molar-refractivity contribution in [3.8, 4) is 5.75 Å². The molecule has 1 rings (SSSR count). The van der Waals surface area contributed by atoms with Gasteiger partial charge in [0.15, 0.2) is 0 Å². The minimum Gasteiger partial charge on any atom is -0.507 e. The van der Waals surface area contributed by atoms with Gasteiger partial charge >= 0.3 is 12.0 Å². The predicted octanol–water partition coefficient (Wildman–Crippen LogP) is 0.722. The van der Waals surface area contributed by atoms with Gasteiger partial charge in [-0.2, -0.15) is 0 Å². The van der Waals surface area contributed by atoms with Crippen LogP contribution in [0.3, 0.4) is 0 Å². The van der Waals surface area contributed by atoms with E-state index in [1.165, 1.54) is 6.07 Å². The normalized spacial score (nSPS) is 11.8. The summed E-state index contributed by atoms with van der Waals surface area (Å²) in [7, 11) is 0. The Morgan fingerprint density at radius 3 is 2.33 bits per heavy atom. The van der Waals surface area contributed by atoms with Crippen LogP contribution in [0.25, 0.3) is 0 Å². The molecule has 0 aliphatic carbocycles. The molecule has 0 aromatic heterocycles. The largest absolute Gasteiger partial charge is 0.507 e. The van der Waals surface area contributed by atoms with Crippen LogP contribution in [0.2, 0.25) is 0 Å². The van der Waals surface area contributed by atoms with Gasteiger partial charge in [0.25, 0.3) is 0 Å². The molecule has 3 amide bonds. The molecule has 8 nitrogen and oxygen atoms in total. The van der Waals surface area contributed by atoms with E-state index in [9.17, 15) is 19.5 Å². The second-order valence-corrected chi connectivity index (χ2v) is 4.76. The Kier molecular flexibility index (Phi) is 5.12. The first-order chi connectivity index (χ1) is 9.72. The van der Waals surface area contributed by atoms with Crippen LogP contribution >= 0.6 is 0 Å². The molecule has 0 spiro atoms. The fraction of sp³-hybridized carbons (Fsp3) is 0.308. The highest BCUT2D eigenvalue weighted by atomic mass is 16.4. The highest BCUT2D eigenvalue weighted by Crippen LogP contribution is 2.21. The van der Waals surface area contributed by atoms with Gasteiger partial charge in [0.05, 0.1) is 0 Å². The molecule has 1 atom stereocenters. The summed E-state index contributed by atoms with van der Waals surface area (Å²) in [5, 5.41) is 23.1. The molecule has 0 radical (unpaired) electrons. The molecule has 8 heteroatoms. The van der Waals surface area contributed by atoms with E-state index < -0.39 is 29.7 Å². The lowest BCUT2D eigenvalue weighted by Gasteiger charge is -2.20. The zero-order chi connectivity index (χ0) is 16.2. The van der Waals surface area contributed by atoms with E-state index in [-0.39, 0.29) is 17.2 Å². The number of hydrogen-bond donors (Lipinski definition) is 5. The minimum absolute atomic E-state index is 0.187. The van der Waals surface area contributed by atoms with Crippen LogP contribution in [0.4, 0.5) is 10.5 Å². The first-order valence-corrected chi connectivity index (χ1v) is 6.15. The second-order valence-electron chi connectivity index (χ2n) is 4.76. The quantitative estimate of drug-likeness (QED) is 0.509. The Bertz CT molecular complexity index is 571. The molecule has 1 unspecified atom stereocenters. The van der Waals surface area contributed by atoms with Crippen molar-refractivity contribution < 1.29 is 24.6 Å². The van der Waals surface area contributed by atoms with Gasteiger partial charge in [-0.15, -0.1) is 0 Å². The summed E-state index contributed by atoms with van der Waals surface area (Å²) in [4.78, 5) is 33.8. The number of rotatable bonds is 5. The van der Waals surface area contributed by atoms with Crippen LogP contribution in [0.1, 0.15) is 24.2 Å². The zero-order valence-electron chi connectivity index (χ0n) is 11.6. The zero-order valence-corrected chi connectivity index (χ0v) is 11.6. The number of phenols is 1. The lowest BCUT2D eigenvalue weighted by Crippen LogP contribution is -2.49. The molecular formula is C13H17N3O5. The second kappa shape index (κ2) is 6.60. The van der Waals surface area contributed by atoms with Gasteiger partial charge in [-0.25, -0.2) is 9.59 Å². The van der Waals surface area contributed by atoms with Gasteiger partial charge in [-0.05, 0) is 24.1 Å².